The van der Waals surface area contributed by atoms with Crippen LogP contribution >= 0.6 is 0 Å². The molecular weight excluding hydrogens is 841 g/mol. The van der Waals surface area contributed by atoms with Crippen molar-refractivity contribution in [2.24, 2.45) is 11.8 Å². The van der Waals surface area contributed by atoms with Crippen molar-refractivity contribution in [3.63, 3.8) is 0 Å². The number of unbranched alkanes of at least 4 members (excludes halogenated alkanes) is 1. The molecule has 2 aromatic heterocycles. The van der Waals surface area contributed by atoms with Gasteiger partial charge in [-0.3, -0.25) is 9.59 Å². The number of ether oxygens (including phenoxy) is 4. The minimum atomic E-state index is -0.728. The van der Waals surface area contributed by atoms with Gasteiger partial charge in [-0.25, -0.2) is 19.6 Å². The van der Waals surface area contributed by atoms with Crippen LogP contribution in [0.4, 0.5) is 9.59 Å². The zero-order chi connectivity index (χ0) is 46.2. The number of likely N-dealkylation sites (tertiary alicyclic amines) is 2. The number of nitrogens with zero attached hydrogens (tertiary/aromatic N) is 4. The molecule has 9 rings (SSSR count). The van der Waals surface area contributed by atoms with Gasteiger partial charge in [0.05, 0.1) is 49.2 Å². The highest BCUT2D eigenvalue weighted by molar-refractivity contribution is 6.07. The summed E-state index contributed by atoms with van der Waals surface area (Å²) in [4.78, 5) is 74.4. The summed E-state index contributed by atoms with van der Waals surface area (Å²) in [5.41, 5.74) is 6.62. The number of amides is 4. The number of H-pyrrole nitrogens is 2. The first-order valence-corrected chi connectivity index (χ1v) is 23.7. The van der Waals surface area contributed by atoms with Crippen LogP contribution in [0.1, 0.15) is 115 Å². The fourth-order valence-electron chi connectivity index (χ4n) is 10.8. The summed E-state index contributed by atoms with van der Waals surface area (Å²) in [6, 6.07) is 12.8. The molecular formula is C50H62N8O8. The molecule has 0 aliphatic carbocycles. The van der Waals surface area contributed by atoms with E-state index in [4.69, 9.17) is 28.9 Å². The van der Waals surface area contributed by atoms with E-state index >= 15 is 0 Å². The normalized spacial score (nSPS) is 21.6. The van der Waals surface area contributed by atoms with E-state index in [1.165, 1.54) is 14.2 Å². The van der Waals surface area contributed by atoms with E-state index in [1.807, 2.05) is 42.8 Å². The molecule has 0 saturated carbocycles. The lowest BCUT2D eigenvalue weighted by Crippen LogP contribution is -2.54. The van der Waals surface area contributed by atoms with Crippen molar-refractivity contribution < 1.29 is 38.1 Å². The van der Waals surface area contributed by atoms with Gasteiger partial charge in [0.15, 0.2) is 0 Å². The van der Waals surface area contributed by atoms with Crippen molar-refractivity contribution in [1.29, 1.82) is 0 Å². The number of hydrogen-bond donors (Lipinski definition) is 4. The zero-order valence-corrected chi connectivity index (χ0v) is 38.8. The van der Waals surface area contributed by atoms with Crippen LogP contribution in [0.15, 0.2) is 48.7 Å². The van der Waals surface area contributed by atoms with E-state index in [2.05, 4.69) is 63.9 Å². The molecule has 4 N–H and O–H groups in total. The van der Waals surface area contributed by atoms with Gasteiger partial charge in [-0.2, -0.15) is 0 Å². The van der Waals surface area contributed by atoms with E-state index in [0.29, 0.717) is 38.5 Å². The van der Waals surface area contributed by atoms with Crippen LogP contribution in [-0.2, 0) is 30.4 Å². The molecule has 16 heteroatoms. The molecule has 0 bridgehead atoms. The Kier molecular flexibility index (Phi) is 12.9. The van der Waals surface area contributed by atoms with Crippen molar-refractivity contribution in [2.45, 2.75) is 128 Å². The number of aromatic nitrogens is 4. The van der Waals surface area contributed by atoms with Crippen LogP contribution in [0.25, 0.3) is 44.2 Å². The van der Waals surface area contributed by atoms with Gasteiger partial charge in [-0.15, -0.1) is 0 Å². The topological polar surface area (TPSA) is 193 Å². The van der Waals surface area contributed by atoms with Gasteiger partial charge in [-0.1, -0.05) is 51.8 Å². The second kappa shape index (κ2) is 19.0. The Labute approximate surface area is 384 Å². The fourth-order valence-corrected chi connectivity index (χ4v) is 10.8. The number of alkyl carbamates (subject to hydrolysis) is 2. The largest absolute Gasteiger partial charge is 0.488 e. The number of methoxy groups -OCH3 is 2. The molecule has 3 fully saturated rings. The fraction of sp³-hybridized carbons (Fsp3) is 0.520. The predicted octanol–water partition coefficient (Wildman–Crippen LogP) is 8.47. The van der Waals surface area contributed by atoms with Gasteiger partial charge in [0.1, 0.15) is 36.1 Å². The summed E-state index contributed by atoms with van der Waals surface area (Å²) in [7, 11) is 2.62. The molecule has 4 amide bonds. The van der Waals surface area contributed by atoms with Gasteiger partial charge >= 0.3 is 12.2 Å². The highest BCUT2D eigenvalue weighted by Crippen LogP contribution is 2.44. The van der Waals surface area contributed by atoms with Gasteiger partial charge < -0.3 is 49.3 Å². The molecule has 3 saturated heterocycles. The van der Waals surface area contributed by atoms with Crippen LogP contribution in [0.5, 0.6) is 5.75 Å². The third kappa shape index (κ3) is 8.55. The minimum absolute atomic E-state index is 0.0283. The lowest BCUT2D eigenvalue weighted by atomic mass is 9.90. The number of benzene rings is 3. The highest BCUT2D eigenvalue weighted by atomic mass is 16.5. The van der Waals surface area contributed by atoms with Crippen LogP contribution < -0.4 is 15.4 Å². The quantitative estimate of drug-likeness (QED) is 0.0944. The molecule has 16 nitrogen and oxygen atoms in total. The Hall–Kier alpha value is -6.16. The molecule has 1 unspecified atom stereocenters. The smallest absolute Gasteiger partial charge is 0.407 e. The maximum atomic E-state index is 14.6. The summed E-state index contributed by atoms with van der Waals surface area (Å²) >= 11 is 0. The molecule has 0 spiro atoms. The van der Waals surface area contributed by atoms with Crippen molar-refractivity contribution in [2.75, 3.05) is 27.4 Å². The second-order valence-corrected chi connectivity index (χ2v) is 18.7. The van der Waals surface area contributed by atoms with E-state index in [9.17, 15) is 19.2 Å². The molecule has 5 aromatic rings. The molecule has 6 atom stereocenters. The molecule has 350 valence electrons. The number of aromatic amines is 2. The van der Waals surface area contributed by atoms with Gasteiger partial charge in [0, 0.05) is 36.2 Å². The molecule has 4 aliphatic heterocycles. The Morgan fingerprint density at radius 2 is 1.61 bits per heavy atom. The average molecular weight is 903 g/mol. The third-order valence-corrected chi connectivity index (χ3v) is 14.3. The maximum Gasteiger partial charge on any atom is 0.407 e. The van der Waals surface area contributed by atoms with E-state index in [-0.39, 0.29) is 47.8 Å². The van der Waals surface area contributed by atoms with E-state index in [1.54, 1.807) is 0 Å². The van der Waals surface area contributed by atoms with Crippen molar-refractivity contribution in [3.8, 4) is 28.1 Å². The first-order chi connectivity index (χ1) is 32.0. The number of carbonyl (C=O) groups is 4. The Morgan fingerprint density at radius 1 is 0.848 bits per heavy atom. The monoisotopic (exact) mass is 902 g/mol. The summed E-state index contributed by atoms with van der Waals surface area (Å²) in [5, 5.41) is 7.61. The summed E-state index contributed by atoms with van der Waals surface area (Å²) in [6.07, 6.45) is 8.08. The molecule has 3 aromatic carbocycles. The summed E-state index contributed by atoms with van der Waals surface area (Å²) in [5.74, 6) is 1.79. The molecule has 0 radical (unpaired) electrons. The van der Waals surface area contributed by atoms with Crippen LogP contribution in [-0.4, -0.2) is 105 Å². The molecule has 6 heterocycles. The van der Waals surface area contributed by atoms with Gasteiger partial charge in [-0.05, 0) is 110 Å². The standard InChI is InChI=1S/C50H62N8O8/c1-7-8-9-33-13-17-39(58(33)48(60)43(56-50(62)64-6)29-18-20-65-21-19-29)45-51-25-38(53-45)31-11-14-34-32(22-31)26-66-41-24-35-30(23-36(34)41)12-15-37-44(35)54-46(52-37)40-16-10-28(4)57(40)47(59)42(27(2)3)55-49(61)63-5/h11-12,14-15,22-25,27-29,33,39-40,42-43H,7-10,13,16-21,26H2,1-6H3,(H,51,53)(H,52,54)(H,55,61)(H,56,62)/t28-,33-,39-,40-,42-,43?/m0/s1. The SMILES string of the molecule is CCCC[C@H]1CC[C@@H](c2ncc(-c3ccc4c(c3)COc3cc5c(ccc6[nH]c([C@@H]7CC[C@H](C)N7C(=O)[C@@H](NC(=O)OC)C(C)C)nc65)cc3-4)[nH]2)N1C(=O)C(NC(=O)OC)C1CCOCC1. The number of nitrogens with one attached hydrogen (secondary N) is 4. The first kappa shape index (κ1) is 45.0. The van der Waals surface area contributed by atoms with E-state index < -0.39 is 24.3 Å². The van der Waals surface area contributed by atoms with Crippen LogP contribution in [0.2, 0.25) is 0 Å². The lowest BCUT2D eigenvalue weighted by Gasteiger charge is -2.37. The summed E-state index contributed by atoms with van der Waals surface area (Å²) < 4.78 is 21.9. The van der Waals surface area contributed by atoms with E-state index in [0.717, 1.165) is 106 Å². The zero-order valence-electron chi connectivity index (χ0n) is 38.8. The Bertz CT molecular complexity index is 2620. The second-order valence-electron chi connectivity index (χ2n) is 18.7. The number of fused-ring (bicyclic) bond motifs is 6. The average Bonchev–Trinajstić information content (AvgIpc) is 4.16. The van der Waals surface area contributed by atoms with Crippen molar-refractivity contribution >= 4 is 45.8 Å². The molecule has 4 aliphatic rings. The van der Waals surface area contributed by atoms with Crippen LogP contribution in [0.3, 0.4) is 0 Å². The first-order valence-electron chi connectivity index (χ1n) is 23.7. The van der Waals surface area contributed by atoms with Crippen molar-refractivity contribution in [1.82, 2.24) is 40.4 Å². The predicted molar refractivity (Wildman–Crippen MR) is 248 cm³/mol. The molecule has 66 heavy (non-hydrogen) atoms. The van der Waals surface area contributed by atoms with Crippen molar-refractivity contribution in [3.05, 3.63) is 65.9 Å². The van der Waals surface area contributed by atoms with Gasteiger partial charge in [0.2, 0.25) is 11.8 Å². The minimum Gasteiger partial charge on any atom is -0.488 e. The Balaban J connectivity index is 0.969. The third-order valence-electron chi connectivity index (χ3n) is 14.3. The Morgan fingerprint density at radius 3 is 2.36 bits per heavy atom. The number of imidazole rings is 2. The summed E-state index contributed by atoms with van der Waals surface area (Å²) in [6.45, 7) is 9.50. The lowest BCUT2D eigenvalue weighted by molar-refractivity contribution is -0.139. The maximum absolute atomic E-state index is 14.6. The van der Waals surface area contributed by atoms with Crippen LogP contribution in [0, 0.1) is 11.8 Å². The number of carbonyl (C=O) groups excluding carboxylic acids is 4. The highest BCUT2D eigenvalue weighted by Gasteiger charge is 2.45. The van der Waals surface area contributed by atoms with Gasteiger partial charge in [0.25, 0.3) is 0 Å². The number of rotatable bonds is 12. The number of hydrogen-bond acceptors (Lipinski definition) is 10.